The standard InChI is InChI=1S/C11H18N4O/c1-4-5-9(12)10(16)15-11-13-7(2)6-8(3)14-11/h6,9H,4-5,12H2,1-3H3,(H,13,14,15,16)/t9-/m0/s1. The first-order valence-electron chi connectivity index (χ1n) is 5.41. The predicted molar refractivity (Wildman–Crippen MR) is 63.0 cm³/mol. The highest BCUT2D eigenvalue weighted by atomic mass is 16.2. The summed E-state index contributed by atoms with van der Waals surface area (Å²) in [7, 11) is 0. The molecular weight excluding hydrogens is 204 g/mol. The Morgan fingerprint density at radius 1 is 1.44 bits per heavy atom. The van der Waals surface area contributed by atoms with Crippen LogP contribution in [-0.4, -0.2) is 21.9 Å². The number of hydrogen-bond acceptors (Lipinski definition) is 4. The molecule has 16 heavy (non-hydrogen) atoms. The molecule has 1 aromatic heterocycles. The van der Waals surface area contributed by atoms with Crippen LogP contribution in [0.5, 0.6) is 0 Å². The molecule has 1 rings (SSSR count). The van der Waals surface area contributed by atoms with Crippen molar-refractivity contribution in [3.8, 4) is 0 Å². The number of carbonyl (C=O) groups excluding carboxylic acids is 1. The Kier molecular flexibility index (Phi) is 4.37. The summed E-state index contributed by atoms with van der Waals surface area (Å²) in [5.41, 5.74) is 7.34. The van der Waals surface area contributed by atoms with Crippen molar-refractivity contribution in [3.05, 3.63) is 17.5 Å². The van der Waals surface area contributed by atoms with Crippen LogP contribution >= 0.6 is 0 Å². The molecule has 0 bridgehead atoms. The Morgan fingerprint density at radius 2 is 2.00 bits per heavy atom. The van der Waals surface area contributed by atoms with E-state index in [0.717, 1.165) is 17.8 Å². The lowest BCUT2D eigenvalue weighted by Crippen LogP contribution is -2.35. The van der Waals surface area contributed by atoms with Crippen molar-refractivity contribution in [2.24, 2.45) is 5.73 Å². The van der Waals surface area contributed by atoms with Gasteiger partial charge in [-0.05, 0) is 26.3 Å². The first-order chi connectivity index (χ1) is 7.52. The minimum Gasteiger partial charge on any atom is -0.320 e. The number of amides is 1. The summed E-state index contributed by atoms with van der Waals surface area (Å²) in [5, 5.41) is 2.62. The Balaban J connectivity index is 2.69. The van der Waals surface area contributed by atoms with Gasteiger partial charge in [0.15, 0.2) is 0 Å². The van der Waals surface area contributed by atoms with Crippen LogP contribution < -0.4 is 11.1 Å². The van der Waals surface area contributed by atoms with Crippen LogP contribution in [0.4, 0.5) is 5.95 Å². The zero-order valence-electron chi connectivity index (χ0n) is 9.95. The van der Waals surface area contributed by atoms with E-state index in [0.29, 0.717) is 12.4 Å². The number of anilines is 1. The van der Waals surface area contributed by atoms with E-state index in [4.69, 9.17) is 5.73 Å². The Bertz CT molecular complexity index is 358. The monoisotopic (exact) mass is 222 g/mol. The second-order valence-electron chi connectivity index (χ2n) is 3.86. The minimum atomic E-state index is -0.491. The van der Waals surface area contributed by atoms with Crippen LogP contribution in [0.3, 0.4) is 0 Å². The SMILES string of the molecule is CCC[C@H](N)C(=O)Nc1nc(C)cc(C)n1. The number of nitrogens with one attached hydrogen (secondary N) is 1. The largest absolute Gasteiger partial charge is 0.320 e. The normalized spacial score (nSPS) is 12.2. The van der Waals surface area contributed by atoms with Gasteiger partial charge in [0.05, 0.1) is 6.04 Å². The summed E-state index contributed by atoms with van der Waals surface area (Å²) in [5.74, 6) is 0.0981. The van der Waals surface area contributed by atoms with Gasteiger partial charge in [0, 0.05) is 11.4 Å². The van der Waals surface area contributed by atoms with Crippen molar-refractivity contribution in [3.63, 3.8) is 0 Å². The third-order valence-corrected chi connectivity index (χ3v) is 2.15. The van der Waals surface area contributed by atoms with Crippen molar-refractivity contribution in [1.82, 2.24) is 9.97 Å². The first kappa shape index (κ1) is 12.6. The van der Waals surface area contributed by atoms with E-state index in [9.17, 15) is 4.79 Å². The molecule has 1 aromatic rings. The van der Waals surface area contributed by atoms with Gasteiger partial charge in [0.2, 0.25) is 11.9 Å². The zero-order valence-corrected chi connectivity index (χ0v) is 9.95. The van der Waals surface area contributed by atoms with E-state index in [1.54, 1.807) is 0 Å². The maximum Gasteiger partial charge on any atom is 0.243 e. The number of rotatable bonds is 4. The minimum absolute atomic E-state index is 0.230. The molecule has 3 N–H and O–H groups in total. The van der Waals surface area contributed by atoms with Gasteiger partial charge in [-0.15, -0.1) is 0 Å². The van der Waals surface area contributed by atoms with Crippen molar-refractivity contribution in [2.45, 2.75) is 39.7 Å². The number of nitrogens with zero attached hydrogens (tertiary/aromatic N) is 2. The molecule has 0 spiro atoms. The highest BCUT2D eigenvalue weighted by Crippen LogP contribution is 2.04. The van der Waals surface area contributed by atoms with Gasteiger partial charge in [-0.1, -0.05) is 13.3 Å². The Labute approximate surface area is 95.5 Å². The number of hydrogen-bond donors (Lipinski definition) is 2. The number of nitrogens with two attached hydrogens (primary N) is 1. The predicted octanol–water partition coefficient (Wildman–Crippen LogP) is 1.16. The molecule has 1 heterocycles. The van der Waals surface area contributed by atoms with Gasteiger partial charge < -0.3 is 5.73 Å². The van der Waals surface area contributed by atoms with Gasteiger partial charge in [-0.3, -0.25) is 10.1 Å². The molecule has 0 aliphatic rings. The molecule has 0 saturated carbocycles. The van der Waals surface area contributed by atoms with Crippen LogP contribution in [0.1, 0.15) is 31.2 Å². The first-order valence-corrected chi connectivity index (χ1v) is 5.41. The lowest BCUT2D eigenvalue weighted by atomic mass is 10.2. The molecule has 0 fully saturated rings. The Hall–Kier alpha value is -1.49. The van der Waals surface area contributed by atoms with E-state index in [-0.39, 0.29) is 5.91 Å². The molecular formula is C11H18N4O. The molecule has 5 nitrogen and oxygen atoms in total. The molecule has 0 aliphatic carbocycles. The second-order valence-corrected chi connectivity index (χ2v) is 3.86. The average Bonchev–Trinajstić information content (AvgIpc) is 2.16. The quantitative estimate of drug-likeness (QED) is 0.801. The van der Waals surface area contributed by atoms with Gasteiger partial charge in [0.1, 0.15) is 0 Å². The summed E-state index contributed by atoms with van der Waals surface area (Å²) in [6.45, 7) is 5.70. The molecule has 5 heteroatoms. The van der Waals surface area contributed by atoms with Gasteiger partial charge in [0.25, 0.3) is 0 Å². The summed E-state index contributed by atoms with van der Waals surface area (Å²) in [6, 6.07) is 1.36. The summed E-state index contributed by atoms with van der Waals surface area (Å²) >= 11 is 0. The fourth-order valence-electron chi connectivity index (χ4n) is 1.43. The molecule has 1 amide bonds. The van der Waals surface area contributed by atoms with Crippen LogP contribution in [0.15, 0.2) is 6.07 Å². The molecule has 0 aromatic carbocycles. The van der Waals surface area contributed by atoms with Crippen LogP contribution in [0.25, 0.3) is 0 Å². The maximum atomic E-state index is 11.6. The lowest BCUT2D eigenvalue weighted by Gasteiger charge is -2.10. The van der Waals surface area contributed by atoms with E-state index < -0.39 is 6.04 Å². The average molecular weight is 222 g/mol. The molecule has 0 aliphatic heterocycles. The van der Waals surface area contributed by atoms with Crippen LogP contribution in [-0.2, 0) is 4.79 Å². The van der Waals surface area contributed by atoms with E-state index in [2.05, 4.69) is 15.3 Å². The number of aryl methyl sites for hydroxylation is 2. The lowest BCUT2D eigenvalue weighted by molar-refractivity contribution is -0.117. The van der Waals surface area contributed by atoms with Crippen molar-refractivity contribution < 1.29 is 4.79 Å². The van der Waals surface area contributed by atoms with E-state index >= 15 is 0 Å². The Morgan fingerprint density at radius 3 is 2.50 bits per heavy atom. The highest BCUT2D eigenvalue weighted by molar-refractivity contribution is 5.93. The molecule has 88 valence electrons. The summed E-state index contributed by atoms with van der Waals surface area (Å²) in [6.07, 6.45) is 1.54. The third-order valence-electron chi connectivity index (χ3n) is 2.15. The van der Waals surface area contributed by atoms with Crippen molar-refractivity contribution >= 4 is 11.9 Å². The van der Waals surface area contributed by atoms with E-state index in [1.807, 2.05) is 26.8 Å². The fraction of sp³-hybridized carbons (Fsp3) is 0.545. The van der Waals surface area contributed by atoms with Crippen LogP contribution in [0, 0.1) is 13.8 Å². The summed E-state index contributed by atoms with van der Waals surface area (Å²) in [4.78, 5) is 19.8. The molecule has 0 unspecified atom stereocenters. The third kappa shape index (κ3) is 3.58. The molecule has 1 atom stereocenters. The topological polar surface area (TPSA) is 80.9 Å². The zero-order chi connectivity index (χ0) is 12.1. The molecule has 0 saturated heterocycles. The maximum absolute atomic E-state index is 11.6. The van der Waals surface area contributed by atoms with Gasteiger partial charge >= 0.3 is 0 Å². The molecule has 0 radical (unpaired) electrons. The summed E-state index contributed by atoms with van der Waals surface area (Å²) < 4.78 is 0. The van der Waals surface area contributed by atoms with Crippen molar-refractivity contribution in [1.29, 1.82) is 0 Å². The van der Waals surface area contributed by atoms with Crippen molar-refractivity contribution in [2.75, 3.05) is 5.32 Å². The highest BCUT2D eigenvalue weighted by Gasteiger charge is 2.13. The fourth-order valence-corrected chi connectivity index (χ4v) is 1.43. The number of carbonyl (C=O) groups is 1. The van der Waals surface area contributed by atoms with E-state index in [1.165, 1.54) is 0 Å². The second kappa shape index (κ2) is 5.55. The number of aromatic nitrogens is 2. The van der Waals surface area contributed by atoms with Crippen LogP contribution in [0.2, 0.25) is 0 Å². The van der Waals surface area contributed by atoms with Gasteiger partial charge in [-0.2, -0.15) is 0 Å². The smallest absolute Gasteiger partial charge is 0.243 e. The van der Waals surface area contributed by atoms with Gasteiger partial charge in [-0.25, -0.2) is 9.97 Å².